The number of methoxy groups -OCH3 is 1. The van der Waals surface area contributed by atoms with Gasteiger partial charge < -0.3 is 14.6 Å². The highest BCUT2D eigenvalue weighted by Gasteiger charge is 2.16. The number of nitrogens with one attached hydrogen (secondary N) is 1. The molecule has 4 nitrogen and oxygen atoms in total. The van der Waals surface area contributed by atoms with Gasteiger partial charge in [-0.3, -0.25) is 0 Å². The monoisotopic (exact) mass is 211 g/mol. The van der Waals surface area contributed by atoms with E-state index in [2.05, 4.69) is 21.8 Å². The molecule has 1 aromatic heterocycles. The van der Waals surface area contributed by atoms with Gasteiger partial charge >= 0.3 is 0 Å². The van der Waals surface area contributed by atoms with Crippen molar-refractivity contribution >= 4 is 5.95 Å². The van der Waals surface area contributed by atoms with Gasteiger partial charge in [-0.1, -0.05) is 6.92 Å². The summed E-state index contributed by atoms with van der Waals surface area (Å²) in [5, 5.41) is 3.30. The average Bonchev–Trinajstić information content (AvgIpc) is 2.64. The van der Waals surface area contributed by atoms with E-state index in [1.807, 2.05) is 26.2 Å². The Kier molecular flexibility index (Phi) is 4.15. The minimum Gasteiger partial charge on any atom is -0.377 e. The van der Waals surface area contributed by atoms with E-state index in [1.165, 1.54) is 0 Å². The zero-order chi connectivity index (χ0) is 11.3. The Hall–Kier alpha value is -1.03. The van der Waals surface area contributed by atoms with Crippen LogP contribution in [0.3, 0.4) is 0 Å². The van der Waals surface area contributed by atoms with E-state index in [0.29, 0.717) is 0 Å². The maximum absolute atomic E-state index is 5.34. The van der Waals surface area contributed by atoms with Crippen molar-refractivity contribution in [2.45, 2.75) is 39.3 Å². The maximum atomic E-state index is 5.34. The van der Waals surface area contributed by atoms with Crippen molar-refractivity contribution in [2.24, 2.45) is 0 Å². The summed E-state index contributed by atoms with van der Waals surface area (Å²) in [5.41, 5.74) is -0.164. The van der Waals surface area contributed by atoms with Crippen LogP contribution in [0.2, 0.25) is 0 Å². The van der Waals surface area contributed by atoms with Gasteiger partial charge in [-0.15, -0.1) is 0 Å². The lowest BCUT2D eigenvalue weighted by Crippen LogP contribution is -2.32. The fourth-order valence-electron chi connectivity index (χ4n) is 1.26. The molecule has 0 aliphatic heterocycles. The zero-order valence-electron chi connectivity index (χ0n) is 10.1. The normalized spacial score (nSPS) is 11.7. The van der Waals surface area contributed by atoms with Crippen molar-refractivity contribution in [3.63, 3.8) is 0 Å². The average molecular weight is 211 g/mol. The lowest BCUT2D eigenvalue weighted by atomic mass is 10.1. The number of ether oxygens (including phenoxy) is 1. The van der Waals surface area contributed by atoms with Crippen molar-refractivity contribution in [1.82, 2.24) is 9.55 Å². The molecule has 0 aliphatic carbocycles. The number of nitrogens with zero attached hydrogens (tertiary/aromatic N) is 2. The van der Waals surface area contributed by atoms with Gasteiger partial charge in [-0.25, -0.2) is 4.98 Å². The molecular formula is C11H21N3O. The van der Waals surface area contributed by atoms with E-state index in [-0.39, 0.29) is 5.60 Å². The second kappa shape index (κ2) is 5.16. The van der Waals surface area contributed by atoms with Crippen molar-refractivity contribution in [3.8, 4) is 0 Å². The van der Waals surface area contributed by atoms with Crippen LogP contribution in [-0.4, -0.2) is 28.8 Å². The number of aromatic nitrogens is 2. The third-order valence-electron chi connectivity index (χ3n) is 2.40. The Bertz CT molecular complexity index is 294. The fourth-order valence-corrected chi connectivity index (χ4v) is 1.26. The van der Waals surface area contributed by atoms with Gasteiger partial charge in [-0.2, -0.15) is 0 Å². The quantitative estimate of drug-likeness (QED) is 0.783. The van der Waals surface area contributed by atoms with E-state index in [9.17, 15) is 0 Å². The van der Waals surface area contributed by atoms with Crippen LogP contribution in [0.1, 0.15) is 27.2 Å². The number of imidazole rings is 1. The second-order valence-electron chi connectivity index (χ2n) is 4.26. The molecule has 0 aromatic carbocycles. The number of anilines is 1. The van der Waals surface area contributed by atoms with Gasteiger partial charge in [0.1, 0.15) is 0 Å². The van der Waals surface area contributed by atoms with Gasteiger partial charge in [0.25, 0.3) is 0 Å². The van der Waals surface area contributed by atoms with Crippen molar-refractivity contribution in [1.29, 1.82) is 0 Å². The van der Waals surface area contributed by atoms with Crippen LogP contribution in [0.15, 0.2) is 12.4 Å². The highest BCUT2D eigenvalue weighted by atomic mass is 16.5. The minimum absolute atomic E-state index is 0.164. The highest BCUT2D eigenvalue weighted by molar-refractivity contribution is 5.26. The Labute approximate surface area is 91.7 Å². The van der Waals surface area contributed by atoms with Crippen LogP contribution < -0.4 is 5.32 Å². The first kappa shape index (κ1) is 12.0. The van der Waals surface area contributed by atoms with Gasteiger partial charge in [0.15, 0.2) is 0 Å². The van der Waals surface area contributed by atoms with E-state index < -0.39 is 0 Å². The summed E-state index contributed by atoms with van der Waals surface area (Å²) >= 11 is 0. The van der Waals surface area contributed by atoms with Gasteiger partial charge in [0, 0.05) is 32.6 Å². The predicted molar refractivity (Wildman–Crippen MR) is 62.1 cm³/mol. The van der Waals surface area contributed by atoms with Crippen LogP contribution >= 0.6 is 0 Å². The molecule has 1 heterocycles. The van der Waals surface area contributed by atoms with Crippen molar-refractivity contribution < 1.29 is 4.74 Å². The number of hydrogen-bond donors (Lipinski definition) is 1. The molecule has 0 fully saturated rings. The summed E-state index contributed by atoms with van der Waals surface area (Å²) in [7, 11) is 1.72. The Morgan fingerprint density at radius 2 is 2.27 bits per heavy atom. The molecule has 0 radical (unpaired) electrons. The zero-order valence-corrected chi connectivity index (χ0v) is 10.1. The largest absolute Gasteiger partial charge is 0.377 e. The summed E-state index contributed by atoms with van der Waals surface area (Å²) in [6.07, 6.45) is 4.92. The van der Waals surface area contributed by atoms with Gasteiger partial charge in [0.05, 0.1) is 5.60 Å². The molecule has 1 aromatic rings. The summed E-state index contributed by atoms with van der Waals surface area (Å²) in [4.78, 5) is 4.27. The van der Waals surface area contributed by atoms with Crippen molar-refractivity contribution in [2.75, 3.05) is 19.0 Å². The predicted octanol–water partition coefficient (Wildman–Crippen LogP) is 2.13. The fraction of sp³-hybridized carbons (Fsp3) is 0.727. The van der Waals surface area contributed by atoms with Gasteiger partial charge in [-0.05, 0) is 20.3 Å². The molecule has 86 valence electrons. The van der Waals surface area contributed by atoms with Crippen LogP contribution in [0.25, 0.3) is 0 Å². The van der Waals surface area contributed by atoms with Crippen LogP contribution in [-0.2, 0) is 11.3 Å². The molecule has 15 heavy (non-hydrogen) atoms. The van der Waals surface area contributed by atoms with E-state index in [4.69, 9.17) is 4.74 Å². The maximum Gasteiger partial charge on any atom is 0.202 e. The van der Waals surface area contributed by atoms with Crippen LogP contribution in [0, 0.1) is 0 Å². The molecular weight excluding hydrogens is 190 g/mol. The number of hydrogen-bond acceptors (Lipinski definition) is 3. The summed E-state index contributed by atoms with van der Waals surface area (Å²) in [6.45, 7) is 8.00. The number of rotatable bonds is 6. The summed E-state index contributed by atoms with van der Waals surface area (Å²) in [5.74, 6) is 0.918. The molecule has 0 atom stereocenters. The Morgan fingerprint density at radius 3 is 2.87 bits per heavy atom. The van der Waals surface area contributed by atoms with Gasteiger partial charge in [0.2, 0.25) is 5.95 Å². The smallest absolute Gasteiger partial charge is 0.202 e. The molecule has 0 aliphatic rings. The first-order chi connectivity index (χ1) is 7.09. The molecule has 4 heteroatoms. The third-order valence-corrected chi connectivity index (χ3v) is 2.40. The lowest BCUT2D eigenvalue weighted by Gasteiger charge is -2.23. The first-order valence-electron chi connectivity index (χ1n) is 5.39. The molecule has 0 unspecified atom stereocenters. The summed E-state index contributed by atoms with van der Waals surface area (Å²) in [6, 6.07) is 0. The molecule has 1 rings (SSSR count). The third kappa shape index (κ3) is 3.55. The Morgan fingerprint density at radius 1 is 1.53 bits per heavy atom. The standard InChI is InChI=1S/C11H21N3O/c1-5-7-14-8-6-12-10(14)13-9-11(2,3)15-4/h6,8H,5,7,9H2,1-4H3,(H,12,13). The van der Waals surface area contributed by atoms with Crippen molar-refractivity contribution in [3.05, 3.63) is 12.4 Å². The lowest BCUT2D eigenvalue weighted by molar-refractivity contribution is 0.0342. The number of aryl methyl sites for hydroxylation is 1. The first-order valence-corrected chi connectivity index (χ1v) is 5.39. The molecule has 0 spiro atoms. The second-order valence-corrected chi connectivity index (χ2v) is 4.26. The van der Waals surface area contributed by atoms with E-state index in [0.717, 1.165) is 25.5 Å². The minimum atomic E-state index is -0.164. The Balaban J connectivity index is 2.53. The highest BCUT2D eigenvalue weighted by Crippen LogP contribution is 2.10. The van der Waals surface area contributed by atoms with Crippen LogP contribution in [0.4, 0.5) is 5.95 Å². The van der Waals surface area contributed by atoms with E-state index >= 15 is 0 Å². The SMILES string of the molecule is CCCn1ccnc1NCC(C)(C)OC. The molecule has 1 N–H and O–H groups in total. The molecule has 0 bridgehead atoms. The topological polar surface area (TPSA) is 39.1 Å². The van der Waals surface area contributed by atoms with Crippen LogP contribution in [0.5, 0.6) is 0 Å². The summed E-state index contributed by atoms with van der Waals surface area (Å²) < 4.78 is 7.45. The molecule has 0 saturated carbocycles. The molecule has 0 amide bonds. The van der Waals surface area contributed by atoms with E-state index in [1.54, 1.807) is 7.11 Å². The molecule has 0 saturated heterocycles.